The summed E-state index contributed by atoms with van der Waals surface area (Å²) in [4.78, 5) is 25.0. The summed E-state index contributed by atoms with van der Waals surface area (Å²) < 4.78 is 0. The number of hydrogen-bond acceptors (Lipinski definition) is 2. The van der Waals surface area contributed by atoms with Crippen LogP contribution in [0.2, 0.25) is 0 Å². The van der Waals surface area contributed by atoms with Crippen molar-refractivity contribution in [1.82, 2.24) is 10.6 Å². The van der Waals surface area contributed by atoms with Crippen molar-refractivity contribution in [3.63, 3.8) is 0 Å². The molecule has 3 saturated carbocycles. The van der Waals surface area contributed by atoms with Crippen molar-refractivity contribution in [3.05, 3.63) is 0 Å². The third-order valence-corrected chi connectivity index (χ3v) is 6.93. The molecule has 26 heavy (non-hydrogen) atoms. The minimum atomic E-state index is 0.0592. The molecule has 0 unspecified atom stereocenters. The number of amides is 2. The monoisotopic (exact) mass is 362 g/mol. The summed E-state index contributed by atoms with van der Waals surface area (Å²) >= 11 is 0. The van der Waals surface area contributed by atoms with E-state index in [0.29, 0.717) is 0 Å². The predicted molar refractivity (Wildman–Crippen MR) is 105 cm³/mol. The molecular weight excluding hydrogens is 324 g/mol. The van der Waals surface area contributed by atoms with Crippen molar-refractivity contribution in [2.45, 2.75) is 97.4 Å². The fourth-order valence-electron chi connectivity index (χ4n) is 6.01. The minimum Gasteiger partial charge on any atom is -0.355 e. The smallest absolute Gasteiger partial charge is 0.223 e. The van der Waals surface area contributed by atoms with Gasteiger partial charge >= 0.3 is 0 Å². The molecule has 0 aromatic rings. The van der Waals surface area contributed by atoms with Crippen LogP contribution >= 0.6 is 0 Å². The average molecular weight is 363 g/mol. The van der Waals surface area contributed by atoms with Crippen molar-refractivity contribution in [2.24, 2.45) is 22.7 Å². The Hall–Kier alpha value is -1.06. The number of nitrogens with one attached hydrogen (secondary N) is 2. The van der Waals surface area contributed by atoms with Crippen molar-refractivity contribution >= 4 is 11.8 Å². The van der Waals surface area contributed by atoms with Crippen LogP contribution in [0.3, 0.4) is 0 Å². The van der Waals surface area contributed by atoms with E-state index in [1.165, 1.54) is 25.7 Å². The zero-order chi connectivity index (χ0) is 18.8. The van der Waals surface area contributed by atoms with Crippen molar-refractivity contribution in [1.29, 1.82) is 0 Å². The molecule has 3 aliphatic carbocycles. The van der Waals surface area contributed by atoms with Gasteiger partial charge in [-0.15, -0.1) is 0 Å². The van der Waals surface area contributed by atoms with Gasteiger partial charge in [0.2, 0.25) is 11.8 Å². The Labute approximate surface area is 159 Å². The summed E-state index contributed by atoms with van der Waals surface area (Å²) in [5.41, 5.74) is 0.252. The lowest BCUT2D eigenvalue weighted by Crippen LogP contribution is -2.51. The summed E-state index contributed by atoms with van der Waals surface area (Å²) in [5, 5.41) is 6.61. The van der Waals surface area contributed by atoms with Crippen molar-refractivity contribution < 1.29 is 9.59 Å². The fourth-order valence-corrected chi connectivity index (χ4v) is 6.01. The molecule has 0 heterocycles. The highest BCUT2D eigenvalue weighted by Gasteiger charge is 2.42. The van der Waals surface area contributed by atoms with Crippen LogP contribution in [-0.2, 0) is 9.59 Å². The highest BCUT2D eigenvalue weighted by atomic mass is 16.2. The van der Waals surface area contributed by atoms with Crippen molar-refractivity contribution in [2.75, 3.05) is 6.54 Å². The Morgan fingerprint density at radius 3 is 1.96 bits per heavy atom. The van der Waals surface area contributed by atoms with E-state index in [-0.39, 0.29) is 40.5 Å². The first-order valence-electron chi connectivity index (χ1n) is 10.8. The second-order valence-electron chi connectivity index (χ2n) is 10.4. The molecule has 2 atom stereocenters. The number of rotatable bonds is 5. The molecule has 4 nitrogen and oxygen atoms in total. The Balaban J connectivity index is 1.56. The van der Waals surface area contributed by atoms with Gasteiger partial charge < -0.3 is 10.6 Å². The highest BCUT2D eigenvalue weighted by Crippen LogP contribution is 2.46. The molecule has 3 aliphatic rings. The second-order valence-corrected chi connectivity index (χ2v) is 10.4. The zero-order valence-electron chi connectivity index (χ0n) is 17.0. The predicted octanol–water partition coefficient (Wildman–Crippen LogP) is 4.18. The molecule has 4 heteroatoms. The summed E-state index contributed by atoms with van der Waals surface area (Å²) in [7, 11) is 0. The SMILES string of the molecule is CC1(C)C[C@H](NC(=O)C2CCCC2)C[C@](C)(CNC(=O)C2CCCC2)C1. The van der Waals surface area contributed by atoms with Crippen LogP contribution in [0.25, 0.3) is 0 Å². The lowest BCUT2D eigenvalue weighted by atomic mass is 9.62. The largest absolute Gasteiger partial charge is 0.355 e. The molecule has 0 saturated heterocycles. The Morgan fingerprint density at radius 1 is 0.846 bits per heavy atom. The van der Waals surface area contributed by atoms with Gasteiger partial charge in [0.25, 0.3) is 0 Å². The number of hydrogen-bond donors (Lipinski definition) is 2. The van der Waals surface area contributed by atoms with Gasteiger partial charge in [0.1, 0.15) is 0 Å². The quantitative estimate of drug-likeness (QED) is 0.770. The lowest BCUT2D eigenvalue weighted by Gasteiger charge is -2.47. The number of carbonyl (C=O) groups is 2. The van der Waals surface area contributed by atoms with E-state index in [0.717, 1.165) is 51.5 Å². The Morgan fingerprint density at radius 2 is 1.38 bits per heavy atom. The maximum atomic E-state index is 12.6. The average Bonchev–Trinajstić information content (AvgIpc) is 3.23. The van der Waals surface area contributed by atoms with Gasteiger partial charge in [-0.3, -0.25) is 9.59 Å². The zero-order valence-corrected chi connectivity index (χ0v) is 17.0. The van der Waals surface area contributed by atoms with Gasteiger partial charge in [-0.05, 0) is 55.8 Å². The van der Waals surface area contributed by atoms with E-state index in [4.69, 9.17) is 0 Å². The van der Waals surface area contributed by atoms with Crippen LogP contribution in [0.15, 0.2) is 0 Å². The third-order valence-electron chi connectivity index (χ3n) is 6.93. The Bertz CT molecular complexity index is 518. The van der Waals surface area contributed by atoms with Crippen LogP contribution in [0.1, 0.15) is 91.4 Å². The van der Waals surface area contributed by atoms with E-state index in [2.05, 4.69) is 31.4 Å². The summed E-state index contributed by atoms with van der Waals surface area (Å²) in [6.07, 6.45) is 12.1. The fraction of sp³-hybridized carbons (Fsp3) is 0.909. The molecule has 3 fully saturated rings. The maximum Gasteiger partial charge on any atom is 0.223 e. The van der Waals surface area contributed by atoms with Gasteiger partial charge in [0, 0.05) is 24.4 Å². The summed E-state index contributed by atoms with van der Waals surface area (Å²) in [6, 6.07) is 0.236. The van der Waals surface area contributed by atoms with Crippen LogP contribution in [-0.4, -0.2) is 24.4 Å². The molecule has 2 amide bonds. The molecule has 0 radical (unpaired) electrons. The van der Waals surface area contributed by atoms with Gasteiger partial charge in [0.15, 0.2) is 0 Å². The third kappa shape index (κ3) is 5.01. The lowest BCUT2D eigenvalue weighted by molar-refractivity contribution is -0.128. The molecule has 148 valence electrons. The van der Waals surface area contributed by atoms with E-state index in [1.807, 2.05) is 0 Å². The molecule has 3 rings (SSSR count). The normalized spacial score (nSPS) is 32.5. The minimum absolute atomic E-state index is 0.0592. The first-order valence-corrected chi connectivity index (χ1v) is 10.8. The van der Waals surface area contributed by atoms with Crippen LogP contribution in [0.4, 0.5) is 0 Å². The van der Waals surface area contributed by atoms with Gasteiger partial charge in [-0.2, -0.15) is 0 Å². The first kappa shape index (κ1) is 19.7. The molecule has 0 bridgehead atoms. The molecule has 2 N–H and O–H groups in total. The van der Waals surface area contributed by atoms with Crippen LogP contribution in [0.5, 0.6) is 0 Å². The van der Waals surface area contributed by atoms with Gasteiger partial charge in [-0.1, -0.05) is 46.5 Å². The van der Waals surface area contributed by atoms with Crippen molar-refractivity contribution in [3.8, 4) is 0 Å². The van der Waals surface area contributed by atoms with Crippen LogP contribution in [0, 0.1) is 22.7 Å². The molecule has 0 aromatic heterocycles. The molecule has 0 spiro atoms. The molecule has 0 aromatic carbocycles. The Kier molecular flexibility index (Phi) is 5.98. The van der Waals surface area contributed by atoms with E-state index in [1.54, 1.807) is 0 Å². The first-order chi connectivity index (χ1) is 12.3. The maximum absolute atomic E-state index is 12.6. The van der Waals surface area contributed by atoms with E-state index < -0.39 is 0 Å². The molecular formula is C22H38N2O2. The summed E-state index contributed by atoms with van der Waals surface area (Å²) in [5.74, 6) is 0.975. The van der Waals surface area contributed by atoms with Crippen LogP contribution < -0.4 is 10.6 Å². The second kappa shape index (κ2) is 7.90. The van der Waals surface area contributed by atoms with Gasteiger partial charge in [-0.25, -0.2) is 0 Å². The highest BCUT2D eigenvalue weighted by molar-refractivity contribution is 5.79. The number of carbonyl (C=O) groups excluding carboxylic acids is 2. The van der Waals surface area contributed by atoms with E-state index in [9.17, 15) is 9.59 Å². The van der Waals surface area contributed by atoms with Gasteiger partial charge in [0.05, 0.1) is 0 Å². The molecule has 0 aliphatic heterocycles. The van der Waals surface area contributed by atoms with E-state index >= 15 is 0 Å². The standard InChI is InChI=1S/C22H38N2O2/c1-21(2)12-18(24-20(26)17-10-6-7-11-17)13-22(3,14-21)15-23-19(25)16-8-4-5-9-16/h16-18H,4-15H2,1-3H3,(H,23,25)(H,24,26)/t18-,22-/m0/s1. The summed E-state index contributed by atoms with van der Waals surface area (Å²) in [6.45, 7) is 7.63. The topological polar surface area (TPSA) is 58.2 Å².